The van der Waals surface area contributed by atoms with Crippen LogP contribution in [-0.2, 0) is 6.18 Å². The number of nitrogens with one attached hydrogen (secondary N) is 1. The summed E-state index contributed by atoms with van der Waals surface area (Å²) in [6, 6.07) is 0. The highest BCUT2D eigenvalue weighted by atomic mass is 35.5. The molecule has 0 atom stereocenters. The topological polar surface area (TPSA) is 78.9 Å². The van der Waals surface area contributed by atoms with E-state index in [4.69, 9.17) is 5.11 Å². The van der Waals surface area contributed by atoms with Crippen LogP contribution in [0.3, 0.4) is 0 Å². The minimum Gasteiger partial charge on any atom is -0.478 e. The molecule has 92 valence electrons. The largest absolute Gasteiger partial charge is 0.478 e. The molecule has 0 aliphatic carbocycles. The Labute approximate surface area is 98.1 Å². The first-order chi connectivity index (χ1) is 7.39. The maximum absolute atomic E-state index is 12.3. The first-order valence-corrected chi connectivity index (χ1v) is 4.04. The van der Waals surface area contributed by atoms with Crippen LogP contribution in [0, 0.1) is 0 Å². The van der Waals surface area contributed by atoms with E-state index < -0.39 is 18.0 Å². The zero-order valence-electron chi connectivity index (χ0n) is 7.95. The van der Waals surface area contributed by atoms with Crippen molar-refractivity contribution in [3.05, 3.63) is 23.8 Å². The Hall–Kier alpha value is -1.83. The van der Waals surface area contributed by atoms with Gasteiger partial charge in [0.05, 0.1) is 11.7 Å². The Morgan fingerprint density at radius 3 is 2.53 bits per heavy atom. The van der Waals surface area contributed by atoms with Crippen molar-refractivity contribution in [3.63, 3.8) is 0 Å². The molecule has 0 unspecified atom stereocenters. The number of fused-ring (bicyclic) bond motifs is 1. The van der Waals surface area contributed by atoms with Crippen molar-refractivity contribution in [1.82, 2.24) is 15.0 Å². The van der Waals surface area contributed by atoms with Gasteiger partial charge >= 0.3 is 12.1 Å². The zero-order chi connectivity index (χ0) is 11.9. The summed E-state index contributed by atoms with van der Waals surface area (Å²) >= 11 is 0. The lowest BCUT2D eigenvalue weighted by Crippen LogP contribution is -2.07. The number of hydrogen-bond donors (Lipinski definition) is 2. The minimum absolute atomic E-state index is 0. The van der Waals surface area contributed by atoms with Crippen LogP contribution in [0.15, 0.2) is 12.4 Å². The van der Waals surface area contributed by atoms with Crippen molar-refractivity contribution in [1.29, 1.82) is 0 Å². The van der Waals surface area contributed by atoms with Gasteiger partial charge in [-0.05, 0) is 0 Å². The van der Waals surface area contributed by atoms with Crippen LogP contribution in [0.4, 0.5) is 13.2 Å². The summed E-state index contributed by atoms with van der Waals surface area (Å²) in [5.74, 6) is -2.61. The van der Waals surface area contributed by atoms with Crippen molar-refractivity contribution in [2.45, 2.75) is 6.18 Å². The molecule has 0 spiro atoms. The monoisotopic (exact) mass is 267 g/mol. The van der Waals surface area contributed by atoms with E-state index in [1.54, 1.807) is 0 Å². The van der Waals surface area contributed by atoms with Crippen LogP contribution < -0.4 is 0 Å². The quantitative estimate of drug-likeness (QED) is 0.829. The molecule has 17 heavy (non-hydrogen) atoms. The second-order valence-electron chi connectivity index (χ2n) is 2.97. The number of carboxylic acid groups (broad SMARTS) is 1. The number of alkyl halides is 3. The molecular weight excluding hydrogens is 263 g/mol. The third-order valence-electron chi connectivity index (χ3n) is 1.89. The molecule has 0 aromatic carbocycles. The summed E-state index contributed by atoms with van der Waals surface area (Å²) < 4.78 is 36.9. The van der Waals surface area contributed by atoms with Gasteiger partial charge in [-0.2, -0.15) is 13.2 Å². The van der Waals surface area contributed by atoms with Crippen LogP contribution in [0.5, 0.6) is 0 Å². The lowest BCUT2D eigenvalue weighted by atomic mass is 10.2. The maximum Gasteiger partial charge on any atom is 0.449 e. The van der Waals surface area contributed by atoms with Gasteiger partial charge in [0.2, 0.25) is 5.82 Å². The summed E-state index contributed by atoms with van der Waals surface area (Å²) in [7, 11) is 0. The second-order valence-corrected chi connectivity index (χ2v) is 2.97. The molecule has 0 saturated carbocycles. The van der Waals surface area contributed by atoms with Crippen molar-refractivity contribution in [2.24, 2.45) is 0 Å². The third-order valence-corrected chi connectivity index (χ3v) is 1.89. The van der Waals surface area contributed by atoms with Crippen LogP contribution in [0.25, 0.3) is 11.0 Å². The van der Waals surface area contributed by atoms with Crippen molar-refractivity contribution < 1.29 is 23.1 Å². The lowest BCUT2D eigenvalue weighted by Gasteiger charge is -1.98. The second kappa shape index (κ2) is 4.21. The fraction of sp³-hybridized carbons (Fsp3) is 0.125. The number of nitrogens with zero attached hydrogens (tertiary/aromatic N) is 2. The molecule has 0 saturated heterocycles. The average Bonchev–Trinajstić information content (AvgIpc) is 2.59. The lowest BCUT2D eigenvalue weighted by molar-refractivity contribution is -0.144. The molecular formula is C8H5ClF3N3O2. The average molecular weight is 268 g/mol. The van der Waals surface area contributed by atoms with E-state index in [1.807, 2.05) is 4.98 Å². The summed E-state index contributed by atoms with van der Waals surface area (Å²) in [5.41, 5.74) is -0.689. The predicted octanol–water partition coefficient (Wildman–Crippen LogP) is 2.10. The number of H-pyrrole nitrogens is 1. The Bertz CT molecular complexity index is 567. The first-order valence-electron chi connectivity index (χ1n) is 4.04. The fourth-order valence-corrected chi connectivity index (χ4v) is 1.22. The molecule has 0 aliphatic rings. The van der Waals surface area contributed by atoms with Gasteiger partial charge < -0.3 is 10.1 Å². The van der Waals surface area contributed by atoms with Crippen LogP contribution in [0.2, 0.25) is 0 Å². The van der Waals surface area contributed by atoms with E-state index in [9.17, 15) is 18.0 Å². The highest BCUT2D eigenvalue weighted by Gasteiger charge is 2.35. The van der Waals surface area contributed by atoms with Crippen molar-refractivity contribution in [2.75, 3.05) is 0 Å². The number of hydrogen-bond acceptors (Lipinski definition) is 3. The summed E-state index contributed by atoms with van der Waals surface area (Å²) in [4.78, 5) is 19.4. The van der Waals surface area contributed by atoms with Crippen molar-refractivity contribution >= 4 is 29.4 Å². The normalized spacial score (nSPS) is 11.2. The number of carboxylic acids is 1. The third kappa shape index (κ3) is 2.31. The van der Waals surface area contributed by atoms with Gasteiger partial charge in [0, 0.05) is 6.20 Å². The molecule has 2 heterocycles. The number of pyridine rings is 1. The Morgan fingerprint density at radius 1 is 1.35 bits per heavy atom. The van der Waals surface area contributed by atoms with Gasteiger partial charge in [-0.3, -0.25) is 4.98 Å². The van der Waals surface area contributed by atoms with Crippen molar-refractivity contribution in [3.8, 4) is 0 Å². The molecule has 2 aromatic rings. The van der Waals surface area contributed by atoms with Gasteiger partial charge in [-0.25, -0.2) is 9.78 Å². The summed E-state index contributed by atoms with van der Waals surface area (Å²) in [6.45, 7) is 0. The molecule has 2 aromatic heterocycles. The zero-order valence-corrected chi connectivity index (χ0v) is 8.76. The van der Waals surface area contributed by atoms with E-state index >= 15 is 0 Å². The predicted molar refractivity (Wildman–Crippen MR) is 53.1 cm³/mol. The van der Waals surface area contributed by atoms with Crippen LogP contribution in [-0.4, -0.2) is 26.0 Å². The summed E-state index contributed by atoms with van der Waals surface area (Å²) in [5, 5.41) is 8.72. The highest BCUT2D eigenvalue weighted by molar-refractivity contribution is 6.00. The number of aromatic amines is 1. The molecule has 0 radical (unpaired) electrons. The number of rotatable bonds is 1. The van der Waals surface area contributed by atoms with E-state index in [1.165, 1.54) is 0 Å². The molecule has 0 aliphatic heterocycles. The number of carbonyl (C=O) groups is 1. The Morgan fingerprint density at radius 2 is 2.00 bits per heavy atom. The number of aromatic carboxylic acids is 1. The molecule has 2 rings (SSSR count). The van der Waals surface area contributed by atoms with Crippen LogP contribution >= 0.6 is 12.4 Å². The fourth-order valence-electron chi connectivity index (χ4n) is 1.22. The first kappa shape index (κ1) is 13.2. The van der Waals surface area contributed by atoms with Gasteiger partial charge in [-0.1, -0.05) is 0 Å². The van der Waals surface area contributed by atoms with E-state index in [-0.39, 0.29) is 29.0 Å². The van der Waals surface area contributed by atoms with E-state index in [2.05, 4.69) is 9.97 Å². The molecule has 0 fully saturated rings. The number of imidazole rings is 1. The van der Waals surface area contributed by atoms with Gasteiger partial charge in [0.25, 0.3) is 0 Å². The standard InChI is InChI=1S/C8H4F3N3O2.ClH/c9-8(10,11)7-13-4-2-12-1-3(6(15)16)5(4)14-7;/h1-2H,(H,13,14)(H,15,16);1H. The molecule has 9 heteroatoms. The highest BCUT2D eigenvalue weighted by Crippen LogP contribution is 2.29. The Kier molecular flexibility index (Phi) is 3.28. The van der Waals surface area contributed by atoms with Crippen LogP contribution in [0.1, 0.15) is 16.2 Å². The Balaban J connectivity index is 0.00000144. The molecule has 5 nitrogen and oxygen atoms in total. The summed E-state index contributed by atoms with van der Waals surface area (Å²) in [6.07, 6.45) is -2.61. The number of aromatic nitrogens is 3. The number of halogens is 4. The SMILES string of the molecule is Cl.O=C(O)c1cncc2[nH]c(C(F)(F)F)nc12. The molecule has 2 N–H and O–H groups in total. The van der Waals surface area contributed by atoms with Gasteiger partial charge in [0.15, 0.2) is 0 Å². The van der Waals surface area contributed by atoms with E-state index in [0.29, 0.717) is 0 Å². The van der Waals surface area contributed by atoms with E-state index in [0.717, 1.165) is 12.4 Å². The maximum atomic E-state index is 12.3. The van der Waals surface area contributed by atoms with Gasteiger partial charge in [0.1, 0.15) is 11.1 Å². The molecule has 0 bridgehead atoms. The van der Waals surface area contributed by atoms with Gasteiger partial charge in [-0.15, -0.1) is 12.4 Å². The minimum atomic E-state index is -4.64. The molecule has 0 amide bonds. The smallest absolute Gasteiger partial charge is 0.449 e.